The molecule has 0 heterocycles. The van der Waals surface area contributed by atoms with Gasteiger partial charge in [0, 0.05) is 11.8 Å². The molecule has 2 unspecified atom stereocenters. The highest BCUT2D eigenvalue weighted by Crippen LogP contribution is 2.68. The van der Waals surface area contributed by atoms with E-state index in [0.29, 0.717) is 47.1 Å². The molecule has 0 saturated heterocycles. The number of hydrogen-bond acceptors (Lipinski definition) is 5. The first-order valence-electron chi connectivity index (χ1n) is 19.9. The van der Waals surface area contributed by atoms with Crippen LogP contribution in [-0.4, -0.2) is 24.3 Å². The van der Waals surface area contributed by atoms with Gasteiger partial charge in [0.15, 0.2) is 0 Å². The lowest BCUT2D eigenvalue weighted by Crippen LogP contribution is -2.53. The Morgan fingerprint density at radius 1 is 0.880 bits per heavy atom. The van der Waals surface area contributed by atoms with E-state index >= 15 is 0 Å². The SMILES string of the molecule is CC(CCC[C@@H](C)[C@H]1CC[C@H]2[C@@H]3CCC4CCCC[C@]4(C)[C@H]3CC[C@]12C)Cc1cc(C=CC(=O)O)ccc1OCCOc1ccc(N)cc1N. The Balaban J connectivity index is 1.02. The predicted octanol–water partition coefficient (Wildman–Crippen LogP) is 10.4. The summed E-state index contributed by atoms with van der Waals surface area (Å²) < 4.78 is 12.1. The normalized spacial score (nSPS) is 31.7. The maximum absolute atomic E-state index is 11.2. The third-order valence-electron chi connectivity index (χ3n) is 14.4. The summed E-state index contributed by atoms with van der Waals surface area (Å²) in [7, 11) is 0. The summed E-state index contributed by atoms with van der Waals surface area (Å²) in [5.74, 6) is 6.50. The number of aliphatic carboxylic acids is 1. The topological polar surface area (TPSA) is 108 Å². The first kappa shape index (κ1) is 36.6. The van der Waals surface area contributed by atoms with Crippen LogP contribution in [-0.2, 0) is 11.2 Å². The fourth-order valence-electron chi connectivity index (χ4n) is 11.9. The molecule has 6 heteroatoms. The van der Waals surface area contributed by atoms with Crippen LogP contribution in [0.1, 0.15) is 122 Å². The van der Waals surface area contributed by atoms with Gasteiger partial charge in [-0.15, -0.1) is 0 Å². The highest BCUT2D eigenvalue weighted by atomic mass is 16.5. The first-order valence-corrected chi connectivity index (χ1v) is 19.9. The smallest absolute Gasteiger partial charge is 0.328 e. The molecule has 4 aliphatic carbocycles. The first-order chi connectivity index (χ1) is 24.0. The van der Waals surface area contributed by atoms with E-state index in [1.54, 1.807) is 24.3 Å². The fraction of sp³-hybridized carbons (Fsp3) is 0.659. The van der Waals surface area contributed by atoms with E-state index in [1.165, 1.54) is 89.5 Å². The second kappa shape index (κ2) is 15.6. The lowest BCUT2D eigenvalue weighted by molar-refractivity contribution is -0.131. The Hall–Kier alpha value is -3.15. The predicted molar refractivity (Wildman–Crippen MR) is 205 cm³/mol. The minimum atomic E-state index is -0.949. The molecule has 5 N–H and O–H groups in total. The van der Waals surface area contributed by atoms with Crippen LogP contribution >= 0.6 is 0 Å². The van der Waals surface area contributed by atoms with Gasteiger partial charge in [0.25, 0.3) is 0 Å². The number of benzene rings is 2. The van der Waals surface area contributed by atoms with Gasteiger partial charge in [-0.1, -0.05) is 65.9 Å². The number of ether oxygens (including phenoxy) is 2. The lowest BCUT2D eigenvalue weighted by atomic mass is 9.44. The van der Waals surface area contributed by atoms with E-state index in [2.05, 4.69) is 33.8 Å². The molecule has 9 atom stereocenters. The van der Waals surface area contributed by atoms with Crippen molar-refractivity contribution in [1.82, 2.24) is 0 Å². The molecule has 50 heavy (non-hydrogen) atoms. The Morgan fingerprint density at radius 2 is 1.64 bits per heavy atom. The number of nitrogen functional groups attached to an aromatic ring is 2. The van der Waals surface area contributed by atoms with E-state index in [-0.39, 0.29) is 0 Å². The Bertz CT molecular complexity index is 1500. The molecule has 4 aliphatic rings. The van der Waals surface area contributed by atoms with Gasteiger partial charge in [-0.2, -0.15) is 0 Å². The van der Waals surface area contributed by atoms with Crippen molar-refractivity contribution in [3.63, 3.8) is 0 Å². The number of carboxylic acid groups (broad SMARTS) is 1. The van der Waals surface area contributed by atoms with Gasteiger partial charge in [0.1, 0.15) is 24.7 Å². The lowest BCUT2D eigenvalue weighted by Gasteiger charge is -2.61. The Labute approximate surface area is 301 Å². The molecule has 0 bridgehead atoms. The molecule has 0 amide bonds. The summed E-state index contributed by atoms with van der Waals surface area (Å²) in [6.07, 6.45) is 22.2. The van der Waals surface area contributed by atoms with Crippen LogP contribution in [0.15, 0.2) is 42.5 Å². The highest BCUT2D eigenvalue weighted by Gasteiger charge is 2.60. The number of hydrogen-bond donors (Lipinski definition) is 3. The van der Waals surface area contributed by atoms with Crippen LogP contribution in [0.25, 0.3) is 6.08 Å². The average Bonchev–Trinajstić information content (AvgIpc) is 3.44. The Morgan fingerprint density at radius 3 is 2.42 bits per heavy atom. The number of rotatable bonds is 14. The summed E-state index contributed by atoms with van der Waals surface area (Å²) >= 11 is 0. The molecule has 0 aliphatic heterocycles. The van der Waals surface area contributed by atoms with Crippen LogP contribution in [0, 0.1) is 52.3 Å². The van der Waals surface area contributed by atoms with Crippen molar-refractivity contribution >= 4 is 23.4 Å². The Kier molecular flexibility index (Phi) is 11.4. The molecule has 0 aromatic heterocycles. The fourth-order valence-corrected chi connectivity index (χ4v) is 11.9. The zero-order valence-corrected chi connectivity index (χ0v) is 31.3. The van der Waals surface area contributed by atoms with Gasteiger partial charge in [-0.05, 0) is 158 Å². The van der Waals surface area contributed by atoms with E-state index in [0.717, 1.165) is 58.8 Å². The van der Waals surface area contributed by atoms with Crippen molar-refractivity contribution in [2.75, 3.05) is 24.7 Å². The quantitative estimate of drug-likeness (QED) is 0.104. The molecule has 2 aromatic carbocycles. The third-order valence-corrected chi connectivity index (χ3v) is 14.4. The van der Waals surface area contributed by atoms with Crippen molar-refractivity contribution in [3.05, 3.63) is 53.6 Å². The highest BCUT2D eigenvalue weighted by molar-refractivity contribution is 5.85. The molecule has 4 fully saturated rings. The van der Waals surface area contributed by atoms with Crippen LogP contribution in [0.2, 0.25) is 0 Å². The van der Waals surface area contributed by atoms with Crippen LogP contribution in [0.5, 0.6) is 11.5 Å². The van der Waals surface area contributed by atoms with Crippen molar-refractivity contribution in [1.29, 1.82) is 0 Å². The summed E-state index contributed by atoms with van der Waals surface area (Å²) in [5.41, 5.74) is 16.1. The molecule has 4 saturated carbocycles. The second-order valence-electron chi connectivity index (χ2n) is 17.4. The summed E-state index contributed by atoms with van der Waals surface area (Å²) in [6.45, 7) is 11.1. The van der Waals surface area contributed by atoms with Gasteiger partial charge < -0.3 is 26.0 Å². The standard InChI is InChI=1S/C44H64N2O4/c1-29(26-32-27-31(12-20-42(47)48)11-18-40(32)49-24-25-50-41-19-14-34(45)28-39(41)46)8-7-9-30(2)36-16-17-37-35-15-13-33-10-5-6-22-43(33,3)38(35)21-23-44(36,37)4/h11-12,14,18-20,27-30,33,35-38H,5-10,13,15-17,21-26,45-46H2,1-4H3,(H,47,48)/t29?,30-,33?,35+,36-,37+,38+,43+,44-/m1/s1. The van der Waals surface area contributed by atoms with E-state index in [9.17, 15) is 9.90 Å². The minimum absolute atomic E-state index is 0.351. The van der Waals surface area contributed by atoms with Crippen LogP contribution < -0.4 is 20.9 Å². The zero-order chi connectivity index (χ0) is 35.5. The van der Waals surface area contributed by atoms with E-state index in [4.69, 9.17) is 20.9 Å². The van der Waals surface area contributed by atoms with E-state index in [1.807, 2.05) is 12.1 Å². The maximum atomic E-state index is 11.2. The second-order valence-corrected chi connectivity index (χ2v) is 17.4. The summed E-state index contributed by atoms with van der Waals surface area (Å²) in [4.78, 5) is 11.2. The molecular formula is C44H64N2O4. The van der Waals surface area contributed by atoms with Crippen LogP contribution in [0.3, 0.4) is 0 Å². The summed E-state index contributed by atoms with van der Waals surface area (Å²) in [6, 6.07) is 11.2. The van der Waals surface area contributed by atoms with E-state index < -0.39 is 5.97 Å². The van der Waals surface area contributed by atoms with Gasteiger partial charge >= 0.3 is 5.97 Å². The van der Waals surface area contributed by atoms with Crippen LogP contribution in [0.4, 0.5) is 11.4 Å². The number of fused-ring (bicyclic) bond motifs is 5. The van der Waals surface area contributed by atoms with Crippen molar-refractivity contribution < 1.29 is 19.4 Å². The van der Waals surface area contributed by atoms with Gasteiger partial charge in [0.2, 0.25) is 0 Å². The number of anilines is 2. The summed E-state index contributed by atoms with van der Waals surface area (Å²) in [5, 5.41) is 9.18. The third kappa shape index (κ3) is 7.84. The number of nitrogens with two attached hydrogens (primary N) is 2. The molecule has 6 rings (SSSR count). The van der Waals surface area contributed by atoms with Gasteiger partial charge in [-0.25, -0.2) is 4.79 Å². The molecule has 0 radical (unpaired) electrons. The largest absolute Gasteiger partial charge is 0.490 e. The maximum Gasteiger partial charge on any atom is 0.328 e. The molecule has 274 valence electrons. The number of carbonyl (C=O) groups is 1. The number of carboxylic acids is 1. The molecular weight excluding hydrogens is 620 g/mol. The molecule has 2 aromatic rings. The monoisotopic (exact) mass is 684 g/mol. The van der Waals surface area contributed by atoms with Gasteiger partial charge in [-0.3, -0.25) is 0 Å². The van der Waals surface area contributed by atoms with Crippen molar-refractivity contribution in [2.24, 2.45) is 52.3 Å². The van der Waals surface area contributed by atoms with Crippen molar-refractivity contribution in [3.8, 4) is 11.5 Å². The molecule has 6 nitrogen and oxygen atoms in total. The zero-order valence-electron chi connectivity index (χ0n) is 31.3. The van der Waals surface area contributed by atoms with Gasteiger partial charge in [0.05, 0.1) is 5.69 Å². The van der Waals surface area contributed by atoms with Crippen molar-refractivity contribution in [2.45, 2.75) is 118 Å². The average molecular weight is 685 g/mol. The minimum Gasteiger partial charge on any atom is -0.490 e. The molecule has 0 spiro atoms.